The molecule has 0 aliphatic heterocycles. The monoisotopic (exact) mass is 410 g/mol. The Labute approximate surface area is 177 Å². The van der Waals surface area contributed by atoms with Crippen LogP contribution in [0.5, 0.6) is 0 Å². The van der Waals surface area contributed by atoms with E-state index in [1.165, 1.54) is 0 Å². The molecule has 0 saturated carbocycles. The van der Waals surface area contributed by atoms with Crippen molar-refractivity contribution in [2.75, 3.05) is 0 Å². The Balaban J connectivity index is 1.52. The minimum Gasteiger partial charge on any atom is -0.250 e. The van der Waals surface area contributed by atoms with Crippen LogP contribution in [0.15, 0.2) is 77.3 Å². The topological polar surface area (TPSA) is 73.4 Å². The Morgan fingerprint density at radius 2 is 1.76 bits per heavy atom. The highest BCUT2D eigenvalue weighted by atomic mass is 32.2. The maximum Gasteiger partial charge on any atom is 0.124 e. The van der Waals surface area contributed by atoms with E-state index in [1.54, 1.807) is 41.4 Å². The number of aromatic nitrogens is 2. The number of hydrogen-bond acceptors (Lipinski definition) is 6. The van der Waals surface area contributed by atoms with Gasteiger partial charge in [-0.2, -0.15) is 10.5 Å². The van der Waals surface area contributed by atoms with Crippen molar-refractivity contribution < 1.29 is 0 Å². The van der Waals surface area contributed by atoms with Gasteiger partial charge in [-0.3, -0.25) is 0 Å². The van der Waals surface area contributed by atoms with E-state index in [9.17, 15) is 5.26 Å². The fourth-order valence-corrected chi connectivity index (χ4v) is 4.51. The van der Waals surface area contributed by atoms with Gasteiger partial charge in [-0.05, 0) is 35.9 Å². The van der Waals surface area contributed by atoms with Crippen molar-refractivity contribution in [2.24, 2.45) is 0 Å². The third kappa shape index (κ3) is 4.35. The van der Waals surface area contributed by atoms with Crippen LogP contribution in [0.4, 0.5) is 0 Å². The lowest BCUT2D eigenvalue weighted by atomic mass is 10.1. The second-order valence-corrected chi connectivity index (χ2v) is 8.02. The second-order valence-electron chi connectivity index (χ2n) is 6.17. The summed E-state index contributed by atoms with van der Waals surface area (Å²) in [5, 5.41) is 22.0. The molecular weight excluding hydrogens is 396 g/mol. The molecule has 0 aliphatic rings. The SMILES string of the molecule is N#Cc1ccc(-c2csc(-c3ccnc(SCc4ccccc4C#N)c3)n2)cc1. The van der Waals surface area contributed by atoms with E-state index < -0.39 is 0 Å². The smallest absolute Gasteiger partial charge is 0.124 e. The predicted octanol–water partition coefficient (Wildman–Crippen LogP) is 5.91. The summed E-state index contributed by atoms with van der Waals surface area (Å²) in [6.07, 6.45) is 1.79. The van der Waals surface area contributed by atoms with Gasteiger partial charge >= 0.3 is 0 Å². The largest absolute Gasteiger partial charge is 0.250 e. The predicted molar refractivity (Wildman–Crippen MR) is 116 cm³/mol. The van der Waals surface area contributed by atoms with E-state index in [1.807, 2.05) is 53.9 Å². The van der Waals surface area contributed by atoms with Crippen LogP contribution in [0.2, 0.25) is 0 Å². The normalized spacial score (nSPS) is 10.3. The summed E-state index contributed by atoms with van der Waals surface area (Å²) in [7, 11) is 0. The van der Waals surface area contributed by atoms with Crippen molar-refractivity contribution in [3.63, 3.8) is 0 Å². The number of pyridine rings is 1. The quantitative estimate of drug-likeness (QED) is 0.383. The van der Waals surface area contributed by atoms with Crippen molar-refractivity contribution >= 4 is 23.1 Å². The minimum absolute atomic E-state index is 0.637. The van der Waals surface area contributed by atoms with E-state index in [0.717, 1.165) is 32.4 Å². The van der Waals surface area contributed by atoms with Crippen LogP contribution in [0, 0.1) is 22.7 Å². The second kappa shape index (κ2) is 8.70. The number of rotatable bonds is 5. The van der Waals surface area contributed by atoms with Crippen LogP contribution in [0.1, 0.15) is 16.7 Å². The number of nitrogens with zero attached hydrogens (tertiary/aromatic N) is 4. The van der Waals surface area contributed by atoms with E-state index in [2.05, 4.69) is 17.1 Å². The van der Waals surface area contributed by atoms with Crippen molar-refractivity contribution in [1.82, 2.24) is 9.97 Å². The summed E-state index contributed by atoms with van der Waals surface area (Å²) in [6, 6.07) is 23.4. The summed E-state index contributed by atoms with van der Waals surface area (Å²) in [4.78, 5) is 9.19. The molecule has 0 unspecified atom stereocenters. The third-order valence-corrected chi connectivity index (χ3v) is 6.17. The Bertz CT molecular complexity index is 1230. The molecule has 0 saturated heterocycles. The zero-order valence-electron chi connectivity index (χ0n) is 15.2. The molecule has 0 atom stereocenters. The summed E-state index contributed by atoms with van der Waals surface area (Å²) in [5.74, 6) is 0.689. The van der Waals surface area contributed by atoms with Gasteiger partial charge in [-0.15, -0.1) is 23.1 Å². The molecule has 0 N–H and O–H groups in total. The van der Waals surface area contributed by atoms with E-state index >= 15 is 0 Å². The van der Waals surface area contributed by atoms with Gasteiger partial charge in [0.15, 0.2) is 0 Å². The fourth-order valence-electron chi connectivity index (χ4n) is 2.78. The molecule has 4 rings (SSSR count). The Kier molecular flexibility index (Phi) is 5.67. The van der Waals surface area contributed by atoms with E-state index in [4.69, 9.17) is 10.2 Å². The molecule has 2 aromatic heterocycles. The van der Waals surface area contributed by atoms with Gasteiger partial charge in [0.1, 0.15) is 5.01 Å². The fraction of sp³-hybridized carbons (Fsp3) is 0.0435. The molecule has 0 bridgehead atoms. The summed E-state index contributed by atoms with van der Waals surface area (Å²) < 4.78 is 0. The van der Waals surface area contributed by atoms with Gasteiger partial charge in [-0.25, -0.2) is 9.97 Å². The first-order valence-corrected chi connectivity index (χ1v) is 10.7. The molecule has 0 radical (unpaired) electrons. The van der Waals surface area contributed by atoms with Crippen LogP contribution in [0.3, 0.4) is 0 Å². The van der Waals surface area contributed by atoms with Crippen molar-refractivity contribution in [3.8, 4) is 34.0 Å². The molecule has 0 fully saturated rings. The highest BCUT2D eigenvalue weighted by molar-refractivity contribution is 7.98. The van der Waals surface area contributed by atoms with Crippen LogP contribution in [-0.2, 0) is 5.75 Å². The molecule has 2 aromatic carbocycles. The van der Waals surface area contributed by atoms with E-state index in [-0.39, 0.29) is 0 Å². The number of thioether (sulfide) groups is 1. The lowest BCUT2D eigenvalue weighted by molar-refractivity contribution is 1.13. The zero-order chi connectivity index (χ0) is 20.1. The summed E-state index contributed by atoms with van der Waals surface area (Å²) in [6.45, 7) is 0. The van der Waals surface area contributed by atoms with Crippen molar-refractivity contribution in [3.05, 3.63) is 88.9 Å². The molecule has 4 aromatic rings. The van der Waals surface area contributed by atoms with E-state index in [0.29, 0.717) is 16.9 Å². The van der Waals surface area contributed by atoms with Crippen LogP contribution >= 0.6 is 23.1 Å². The van der Waals surface area contributed by atoms with Gasteiger partial charge in [0.2, 0.25) is 0 Å². The first kappa shape index (κ1) is 18.9. The van der Waals surface area contributed by atoms with Gasteiger partial charge in [-0.1, -0.05) is 30.3 Å². The summed E-state index contributed by atoms with van der Waals surface area (Å²) in [5.41, 5.74) is 5.23. The lowest BCUT2D eigenvalue weighted by Crippen LogP contribution is -1.88. The number of benzene rings is 2. The molecule has 6 heteroatoms. The van der Waals surface area contributed by atoms with Crippen molar-refractivity contribution in [1.29, 1.82) is 10.5 Å². The Hall–Kier alpha value is -3.45. The van der Waals surface area contributed by atoms with Crippen LogP contribution < -0.4 is 0 Å². The molecular formula is C23H14N4S2. The third-order valence-electron chi connectivity index (χ3n) is 4.31. The first-order valence-electron chi connectivity index (χ1n) is 8.80. The molecule has 0 amide bonds. The summed E-state index contributed by atoms with van der Waals surface area (Å²) >= 11 is 3.18. The minimum atomic E-state index is 0.637. The van der Waals surface area contributed by atoms with Gasteiger partial charge < -0.3 is 0 Å². The number of hydrogen-bond donors (Lipinski definition) is 0. The average Bonchev–Trinajstić information content (AvgIpc) is 3.28. The Morgan fingerprint density at radius 3 is 2.55 bits per heavy atom. The molecule has 29 heavy (non-hydrogen) atoms. The molecule has 0 aliphatic carbocycles. The first-order chi connectivity index (χ1) is 14.3. The average molecular weight is 411 g/mol. The van der Waals surface area contributed by atoms with Gasteiger partial charge in [0.05, 0.1) is 34.0 Å². The number of thiazole rings is 1. The van der Waals surface area contributed by atoms with Crippen molar-refractivity contribution in [2.45, 2.75) is 10.8 Å². The molecule has 4 nitrogen and oxygen atoms in total. The highest BCUT2D eigenvalue weighted by Crippen LogP contribution is 2.31. The highest BCUT2D eigenvalue weighted by Gasteiger charge is 2.09. The zero-order valence-corrected chi connectivity index (χ0v) is 16.9. The maximum absolute atomic E-state index is 9.24. The Morgan fingerprint density at radius 1 is 0.931 bits per heavy atom. The molecule has 138 valence electrons. The maximum atomic E-state index is 9.24. The van der Waals surface area contributed by atoms with Crippen LogP contribution in [-0.4, -0.2) is 9.97 Å². The van der Waals surface area contributed by atoms with Crippen LogP contribution in [0.25, 0.3) is 21.8 Å². The molecule has 0 spiro atoms. The standard InChI is InChI=1S/C23H14N4S2/c24-12-16-5-7-17(8-6-16)21-15-29-23(27-21)18-9-10-26-22(11-18)28-14-20-4-2-1-3-19(20)13-25/h1-11,15H,14H2. The van der Waals surface area contributed by atoms with Gasteiger partial charge in [0.25, 0.3) is 0 Å². The van der Waals surface area contributed by atoms with Gasteiger partial charge in [0, 0.05) is 28.5 Å². The molecule has 2 heterocycles. The number of nitriles is 2. The lowest BCUT2D eigenvalue weighted by Gasteiger charge is -2.04.